The number of amides is 1. The number of hydrogen-bond donors (Lipinski definition) is 1. The van der Waals surface area contributed by atoms with Gasteiger partial charge in [-0.05, 0) is 42.7 Å². The van der Waals surface area contributed by atoms with Crippen LogP contribution in [0.1, 0.15) is 41.7 Å². The maximum absolute atomic E-state index is 12.4. The van der Waals surface area contributed by atoms with Gasteiger partial charge in [-0.2, -0.15) is 0 Å². The fourth-order valence-electron chi connectivity index (χ4n) is 3.04. The van der Waals surface area contributed by atoms with E-state index in [0.717, 1.165) is 30.2 Å². The van der Waals surface area contributed by atoms with Crippen molar-refractivity contribution in [3.8, 4) is 5.75 Å². The number of hydrogen-bond acceptors (Lipinski definition) is 4. The molecule has 3 rings (SSSR count). The molecule has 1 N–H and O–H groups in total. The monoisotopic (exact) mass is 339 g/mol. The van der Waals surface area contributed by atoms with Crippen molar-refractivity contribution in [2.45, 2.75) is 32.2 Å². The van der Waals surface area contributed by atoms with Crippen LogP contribution in [-0.2, 0) is 6.54 Å². The molecule has 1 aromatic carbocycles. The van der Waals surface area contributed by atoms with Crippen molar-refractivity contribution >= 4 is 11.7 Å². The van der Waals surface area contributed by atoms with Gasteiger partial charge in [0.25, 0.3) is 5.91 Å². The van der Waals surface area contributed by atoms with Crippen LogP contribution in [0.2, 0.25) is 0 Å². The zero-order valence-electron chi connectivity index (χ0n) is 14.7. The molecule has 1 aliphatic rings. The molecule has 2 heterocycles. The van der Waals surface area contributed by atoms with Crippen molar-refractivity contribution in [3.05, 3.63) is 53.7 Å². The number of ether oxygens (including phenoxy) is 1. The van der Waals surface area contributed by atoms with Crippen LogP contribution in [0.4, 0.5) is 5.82 Å². The molecule has 0 saturated carbocycles. The van der Waals surface area contributed by atoms with E-state index in [4.69, 9.17) is 4.74 Å². The topological polar surface area (TPSA) is 54.5 Å². The van der Waals surface area contributed by atoms with E-state index in [2.05, 4.69) is 15.2 Å². The van der Waals surface area contributed by atoms with E-state index >= 15 is 0 Å². The number of pyridine rings is 1. The number of methoxy groups -OCH3 is 1. The summed E-state index contributed by atoms with van der Waals surface area (Å²) in [5.74, 6) is 1.56. The lowest BCUT2D eigenvalue weighted by Crippen LogP contribution is -2.27. The molecule has 0 spiro atoms. The number of rotatable bonds is 5. The Hall–Kier alpha value is -2.56. The van der Waals surface area contributed by atoms with E-state index in [-0.39, 0.29) is 5.91 Å². The molecule has 5 nitrogen and oxygen atoms in total. The highest BCUT2D eigenvalue weighted by Gasteiger charge is 2.13. The summed E-state index contributed by atoms with van der Waals surface area (Å²) < 4.78 is 5.14. The summed E-state index contributed by atoms with van der Waals surface area (Å²) in [6, 6.07) is 13.3. The Morgan fingerprint density at radius 2 is 1.80 bits per heavy atom. The second-order valence-corrected chi connectivity index (χ2v) is 6.31. The van der Waals surface area contributed by atoms with Crippen molar-refractivity contribution in [3.63, 3.8) is 0 Å². The molecule has 5 heteroatoms. The molecule has 1 aromatic heterocycles. The molecule has 0 bridgehead atoms. The van der Waals surface area contributed by atoms with Gasteiger partial charge in [-0.25, -0.2) is 4.98 Å². The average molecular weight is 339 g/mol. The maximum Gasteiger partial charge on any atom is 0.270 e. The van der Waals surface area contributed by atoms with Crippen LogP contribution < -0.4 is 15.0 Å². The summed E-state index contributed by atoms with van der Waals surface area (Å²) in [4.78, 5) is 19.3. The number of anilines is 1. The minimum absolute atomic E-state index is 0.146. The SMILES string of the molecule is COc1ccc(CNC(=O)c2cccc(N3CCCCCC3)n2)cc1. The molecule has 25 heavy (non-hydrogen) atoms. The van der Waals surface area contributed by atoms with Crippen LogP contribution in [0.25, 0.3) is 0 Å². The summed E-state index contributed by atoms with van der Waals surface area (Å²) in [7, 11) is 1.64. The van der Waals surface area contributed by atoms with E-state index in [9.17, 15) is 4.79 Å². The second kappa shape index (κ2) is 8.51. The average Bonchev–Trinajstić information content (AvgIpc) is 2.96. The molecular formula is C20H25N3O2. The molecule has 0 atom stereocenters. The zero-order chi connectivity index (χ0) is 17.5. The van der Waals surface area contributed by atoms with Gasteiger partial charge in [0.2, 0.25) is 0 Å². The summed E-state index contributed by atoms with van der Waals surface area (Å²) in [5, 5.41) is 2.93. The highest BCUT2D eigenvalue weighted by atomic mass is 16.5. The molecule has 1 amide bonds. The molecule has 1 aliphatic heterocycles. The smallest absolute Gasteiger partial charge is 0.270 e. The predicted octanol–water partition coefficient (Wildman–Crippen LogP) is 3.40. The van der Waals surface area contributed by atoms with Crippen LogP contribution in [0.5, 0.6) is 5.75 Å². The van der Waals surface area contributed by atoms with Crippen molar-refractivity contribution in [2.24, 2.45) is 0 Å². The summed E-state index contributed by atoms with van der Waals surface area (Å²) in [5.41, 5.74) is 1.49. The van der Waals surface area contributed by atoms with Gasteiger partial charge in [0.15, 0.2) is 0 Å². The largest absolute Gasteiger partial charge is 0.497 e. The van der Waals surface area contributed by atoms with Crippen LogP contribution in [-0.4, -0.2) is 31.1 Å². The van der Waals surface area contributed by atoms with E-state index in [1.165, 1.54) is 25.7 Å². The Kier molecular flexibility index (Phi) is 5.88. The van der Waals surface area contributed by atoms with Gasteiger partial charge in [-0.15, -0.1) is 0 Å². The van der Waals surface area contributed by atoms with Crippen molar-refractivity contribution in [1.29, 1.82) is 0 Å². The molecule has 0 radical (unpaired) electrons. The van der Waals surface area contributed by atoms with Crippen LogP contribution in [0, 0.1) is 0 Å². The first-order valence-corrected chi connectivity index (χ1v) is 8.89. The third-order valence-corrected chi connectivity index (χ3v) is 4.51. The highest BCUT2D eigenvalue weighted by molar-refractivity contribution is 5.92. The molecule has 2 aromatic rings. The summed E-state index contributed by atoms with van der Waals surface area (Å²) in [6.07, 6.45) is 4.93. The van der Waals surface area contributed by atoms with Gasteiger partial charge in [0.05, 0.1) is 7.11 Å². The molecule has 0 unspecified atom stereocenters. The van der Waals surface area contributed by atoms with E-state index in [0.29, 0.717) is 12.2 Å². The van der Waals surface area contributed by atoms with Crippen molar-refractivity contribution < 1.29 is 9.53 Å². The van der Waals surface area contributed by atoms with Gasteiger partial charge in [-0.1, -0.05) is 31.0 Å². The Balaban J connectivity index is 1.62. The maximum atomic E-state index is 12.4. The van der Waals surface area contributed by atoms with E-state index < -0.39 is 0 Å². The predicted molar refractivity (Wildman–Crippen MR) is 99.1 cm³/mol. The fraction of sp³-hybridized carbons (Fsp3) is 0.400. The molecular weight excluding hydrogens is 314 g/mol. The molecule has 1 saturated heterocycles. The highest BCUT2D eigenvalue weighted by Crippen LogP contribution is 2.18. The standard InChI is InChI=1S/C20H25N3O2/c1-25-17-11-9-16(10-12-17)15-21-20(24)18-7-6-8-19(22-18)23-13-4-2-3-5-14-23/h6-12H,2-5,13-15H2,1H3,(H,21,24). The number of nitrogens with one attached hydrogen (secondary N) is 1. The number of carbonyl (C=O) groups is 1. The lowest BCUT2D eigenvalue weighted by atomic mass is 10.2. The number of carbonyl (C=O) groups excluding carboxylic acids is 1. The summed E-state index contributed by atoms with van der Waals surface area (Å²) in [6.45, 7) is 2.51. The lowest BCUT2D eigenvalue weighted by Gasteiger charge is -2.21. The van der Waals surface area contributed by atoms with Crippen LogP contribution in [0.15, 0.2) is 42.5 Å². The first-order valence-electron chi connectivity index (χ1n) is 8.89. The van der Waals surface area contributed by atoms with Gasteiger partial charge in [0.1, 0.15) is 17.3 Å². The van der Waals surface area contributed by atoms with Crippen molar-refractivity contribution in [1.82, 2.24) is 10.3 Å². The molecule has 0 aliphatic carbocycles. The Bertz CT molecular complexity index is 692. The number of aromatic nitrogens is 1. The van der Waals surface area contributed by atoms with Gasteiger partial charge < -0.3 is 15.0 Å². The first kappa shape index (κ1) is 17.3. The van der Waals surface area contributed by atoms with Crippen LogP contribution >= 0.6 is 0 Å². The zero-order valence-corrected chi connectivity index (χ0v) is 14.7. The summed E-state index contributed by atoms with van der Waals surface area (Å²) >= 11 is 0. The third kappa shape index (κ3) is 4.72. The number of nitrogens with zero attached hydrogens (tertiary/aromatic N) is 2. The van der Waals surface area contributed by atoms with Crippen molar-refractivity contribution in [2.75, 3.05) is 25.1 Å². The van der Waals surface area contributed by atoms with E-state index in [1.807, 2.05) is 36.4 Å². The normalized spacial score (nSPS) is 14.7. The van der Waals surface area contributed by atoms with Gasteiger partial charge in [-0.3, -0.25) is 4.79 Å². The third-order valence-electron chi connectivity index (χ3n) is 4.51. The molecule has 1 fully saturated rings. The Morgan fingerprint density at radius 3 is 2.48 bits per heavy atom. The minimum Gasteiger partial charge on any atom is -0.497 e. The lowest BCUT2D eigenvalue weighted by molar-refractivity contribution is 0.0946. The quantitative estimate of drug-likeness (QED) is 0.907. The van der Waals surface area contributed by atoms with E-state index in [1.54, 1.807) is 13.2 Å². The molecule has 132 valence electrons. The Labute approximate surface area is 149 Å². The fourth-order valence-corrected chi connectivity index (χ4v) is 3.04. The Morgan fingerprint density at radius 1 is 1.08 bits per heavy atom. The van der Waals surface area contributed by atoms with Gasteiger partial charge >= 0.3 is 0 Å². The first-order chi connectivity index (χ1) is 12.3. The second-order valence-electron chi connectivity index (χ2n) is 6.31. The van der Waals surface area contributed by atoms with Gasteiger partial charge in [0, 0.05) is 19.6 Å². The minimum atomic E-state index is -0.146. The number of benzene rings is 1. The van der Waals surface area contributed by atoms with Crippen LogP contribution in [0.3, 0.4) is 0 Å².